The number of fused-ring (bicyclic) bond motifs is 3. The Morgan fingerprint density at radius 3 is 2.96 bits per heavy atom. The maximum absolute atomic E-state index is 12.7. The average Bonchev–Trinajstić information content (AvgIpc) is 2.93. The number of hydrogen-bond donors (Lipinski definition) is 2. The van der Waals surface area contributed by atoms with Gasteiger partial charge in [-0.05, 0) is 59.0 Å². The van der Waals surface area contributed by atoms with E-state index in [0.29, 0.717) is 11.4 Å². The molecule has 3 aromatic rings. The molecule has 24 heavy (non-hydrogen) atoms. The molecule has 0 fully saturated rings. The molecule has 0 saturated carbocycles. The molecule has 6 heteroatoms. The second-order valence-electron chi connectivity index (χ2n) is 5.74. The fraction of sp³-hybridized carbons (Fsp3) is 0.167. The Balaban J connectivity index is 1.73. The monoisotopic (exact) mass is 382 g/mol. The van der Waals surface area contributed by atoms with Crippen LogP contribution >= 0.6 is 15.9 Å². The molecule has 3 heterocycles. The molecule has 0 saturated heterocycles. The number of aromatic nitrogens is 3. The highest BCUT2D eigenvalue weighted by molar-refractivity contribution is 9.10. The predicted octanol–water partition coefficient (Wildman–Crippen LogP) is 3.98. The van der Waals surface area contributed by atoms with Gasteiger partial charge in [-0.2, -0.15) is 0 Å². The summed E-state index contributed by atoms with van der Waals surface area (Å²) >= 11 is 3.34. The third-order valence-electron chi connectivity index (χ3n) is 4.18. The molecule has 120 valence electrons. The Hall–Kier alpha value is -2.47. The van der Waals surface area contributed by atoms with Crippen molar-refractivity contribution in [1.82, 2.24) is 15.0 Å². The SMILES string of the molecule is O=C(Nc1ccc(Br)cn1)c1c[nH]c2c1-c1ncccc1CCC2. The van der Waals surface area contributed by atoms with E-state index >= 15 is 0 Å². The number of carbonyl (C=O) groups excluding carboxylic acids is 1. The summed E-state index contributed by atoms with van der Waals surface area (Å²) in [5.74, 6) is 0.342. The van der Waals surface area contributed by atoms with Crippen molar-refractivity contribution in [2.75, 3.05) is 5.32 Å². The molecule has 2 N–H and O–H groups in total. The van der Waals surface area contributed by atoms with Gasteiger partial charge in [0.05, 0.1) is 11.3 Å². The summed E-state index contributed by atoms with van der Waals surface area (Å²) in [5.41, 5.74) is 4.68. The first-order valence-electron chi connectivity index (χ1n) is 7.80. The maximum Gasteiger partial charge on any atom is 0.259 e. The first-order chi connectivity index (χ1) is 11.7. The highest BCUT2D eigenvalue weighted by Gasteiger charge is 2.24. The molecule has 3 aromatic heterocycles. The van der Waals surface area contributed by atoms with Crippen molar-refractivity contribution in [2.24, 2.45) is 0 Å². The van der Waals surface area contributed by atoms with Crippen LogP contribution in [0, 0.1) is 0 Å². The molecule has 0 unspecified atom stereocenters. The Labute approximate surface area is 147 Å². The van der Waals surface area contributed by atoms with Crippen LogP contribution in [-0.2, 0) is 12.8 Å². The number of H-pyrrole nitrogens is 1. The van der Waals surface area contributed by atoms with Crippen LogP contribution in [0.5, 0.6) is 0 Å². The second-order valence-corrected chi connectivity index (χ2v) is 6.65. The quantitative estimate of drug-likeness (QED) is 0.704. The minimum absolute atomic E-state index is 0.180. The summed E-state index contributed by atoms with van der Waals surface area (Å²) in [7, 11) is 0. The number of aryl methyl sites for hydroxylation is 2. The third-order valence-corrected chi connectivity index (χ3v) is 4.65. The van der Waals surface area contributed by atoms with Gasteiger partial charge >= 0.3 is 0 Å². The Kier molecular flexibility index (Phi) is 3.90. The van der Waals surface area contributed by atoms with Crippen LogP contribution in [0.4, 0.5) is 5.82 Å². The van der Waals surface area contributed by atoms with E-state index < -0.39 is 0 Å². The lowest BCUT2D eigenvalue weighted by atomic mass is 10.0. The summed E-state index contributed by atoms with van der Waals surface area (Å²) in [6, 6.07) is 7.64. The van der Waals surface area contributed by atoms with Gasteiger partial charge in [-0.1, -0.05) is 6.07 Å². The summed E-state index contributed by atoms with van der Waals surface area (Å²) < 4.78 is 0.870. The first-order valence-corrected chi connectivity index (χ1v) is 8.59. The number of amides is 1. The number of nitrogens with zero attached hydrogens (tertiary/aromatic N) is 2. The topological polar surface area (TPSA) is 70.7 Å². The van der Waals surface area contributed by atoms with E-state index in [1.807, 2.05) is 12.1 Å². The van der Waals surface area contributed by atoms with Gasteiger partial charge in [-0.3, -0.25) is 9.78 Å². The first kappa shape index (κ1) is 15.1. The molecular weight excluding hydrogens is 368 g/mol. The zero-order valence-corrected chi connectivity index (χ0v) is 14.4. The van der Waals surface area contributed by atoms with Gasteiger partial charge in [0.25, 0.3) is 5.91 Å². The Morgan fingerprint density at radius 1 is 1.21 bits per heavy atom. The van der Waals surface area contributed by atoms with Gasteiger partial charge in [0, 0.05) is 34.3 Å². The van der Waals surface area contributed by atoms with E-state index in [1.165, 1.54) is 5.56 Å². The lowest BCUT2D eigenvalue weighted by Crippen LogP contribution is -2.13. The van der Waals surface area contributed by atoms with Crippen LogP contribution in [0.25, 0.3) is 11.3 Å². The van der Waals surface area contributed by atoms with Gasteiger partial charge in [0.1, 0.15) is 5.82 Å². The number of rotatable bonds is 2. The van der Waals surface area contributed by atoms with Crippen molar-refractivity contribution < 1.29 is 4.79 Å². The minimum Gasteiger partial charge on any atom is -0.364 e. The van der Waals surface area contributed by atoms with E-state index in [-0.39, 0.29) is 5.91 Å². The molecule has 4 rings (SSSR count). The fourth-order valence-corrected chi connectivity index (χ4v) is 3.30. The lowest BCUT2D eigenvalue weighted by molar-refractivity contribution is 0.102. The number of pyridine rings is 2. The fourth-order valence-electron chi connectivity index (χ4n) is 3.07. The normalized spacial score (nSPS) is 12.9. The van der Waals surface area contributed by atoms with Crippen LogP contribution in [0.1, 0.15) is 28.0 Å². The maximum atomic E-state index is 12.7. The molecular formula is C18H15BrN4O. The molecule has 0 atom stereocenters. The summed E-state index contributed by atoms with van der Waals surface area (Å²) in [6.07, 6.45) is 8.13. The summed E-state index contributed by atoms with van der Waals surface area (Å²) in [6.45, 7) is 0. The van der Waals surface area contributed by atoms with Crippen LogP contribution < -0.4 is 5.32 Å². The van der Waals surface area contributed by atoms with Crippen molar-refractivity contribution >= 4 is 27.7 Å². The molecule has 0 aromatic carbocycles. The van der Waals surface area contributed by atoms with E-state index in [9.17, 15) is 4.79 Å². The Morgan fingerprint density at radius 2 is 2.12 bits per heavy atom. The second kappa shape index (κ2) is 6.20. The van der Waals surface area contributed by atoms with Gasteiger partial charge in [-0.15, -0.1) is 0 Å². The van der Waals surface area contributed by atoms with Gasteiger partial charge in [0.15, 0.2) is 0 Å². The molecule has 0 aliphatic heterocycles. The smallest absolute Gasteiger partial charge is 0.259 e. The number of aromatic amines is 1. The highest BCUT2D eigenvalue weighted by atomic mass is 79.9. The van der Waals surface area contributed by atoms with Crippen molar-refractivity contribution in [1.29, 1.82) is 0 Å². The number of carbonyl (C=O) groups is 1. The van der Waals surface area contributed by atoms with Crippen LogP contribution in [-0.4, -0.2) is 20.9 Å². The molecule has 5 nitrogen and oxygen atoms in total. The number of halogens is 1. The molecule has 1 aliphatic carbocycles. The van der Waals surface area contributed by atoms with Crippen LogP contribution in [0.3, 0.4) is 0 Å². The van der Waals surface area contributed by atoms with E-state index in [1.54, 1.807) is 24.7 Å². The van der Waals surface area contributed by atoms with E-state index in [2.05, 4.69) is 42.3 Å². The van der Waals surface area contributed by atoms with Crippen molar-refractivity contribution in [3.05, 3.63) is 64.1 Å². The average molecular weight is 383 g/mol. The van der Waals surface area contributed by atoms with Gasteiger partial charge in [0.2, 0.25) is 0 Å². The predicted molar refractivity (Wildman–Crippen MR) is 95.9 cm³/mol. The molecule has 1 aliphatic rings. The highest BCUT2D eigenvalue weighted by Crippen LogP contribution is 2.33. The molecule has 0 bridgehead atoms. The van der Waals surface area contributed by atoms with Crippen LogP contribution in [0.2, 0.25) is 0 Å². The molecule has 1 amide bonds. The molecule has 0 spiro atoms. The lowest BCUT2D eigenvalue weighted by Gasteiger charge is -2.08. The van der Waals surface area contributed by atoms with Crippen molar-refractivity contribution in [3.63, 3.8) is 0 Å². The summed E-state index contributed by atoms with van der Waals surface area (Å²) in [5, 5.41) is 2.85. The van der Waals surface area contributed by atoms with Gasteiger partial charge in [-0.25, -0.2) is 4.98 Å². The van der Waals surface area contributed by atoms with E-state index in [0.717, 1.165) is 40.7 Å². The number of nitrogens with one attached hydrogen (secondary N) is 2. The Bertz CT molecular complexity index is 902. The van der Waals surface area contributed by atoms with Crippen LogP contribution in [0.15, 0.2) is 47.3 Å². The molecule has 0 radical (unpaired) electrons. The van der Waals surface area contributed by atoms with Crippen molar-refractivity contribution in [2.45, 2.75) is 19.3 Å². The van der Waals surface area contributed by atoms with E-state index in [4.69, 9.17) is 0 Å². The van der Waals surface area contributed by atoms with Crippen molar-refractivity contribution in [3.8, 4) is 11.3 Å². The number of hydrogen-bond acceptors (Lipinski definition) is 3. The minimum atomic E-state index is -0.180. The standard InChI is InChI=1S/C18H15BrN4O/c19-12-6-7-15(22-9-12)23-18(24)13-10-21-14-5-1-3-11-4-2-8-20-17(11)16(13)14/h2,4,6-10,21H,1,3,5H2,(H,22,23,24). The van der Waals surface area contributed by atoms with Gasteiger partial charge < -0.3 is 10.3 Å². The third kappa shape index (κ3) is 2.73. The summed E-state index contributed by atoms with van der Waals surface area (Å²) in [4.78, 5) is 24.7. The zero-order chi connectivity index (χ0) is 16.5. The zero-order valence-electron chi connectivity index (χ0n) is 12.8. The largest absolute Gasteiger partial charge is 0.364 e. The number of anilines is 1.